The number of anilines is 1. The maximum absolute atomic E-state index is 4.76. The Kier molecular flexibility index (Phi) is 4.34. The van der Waals surface area contributed by atoms with Crippen molar-refractivity contribution in [2.75, 3.05) is 18.0 Å². The van der Waals surface area contributed by atoms with Crippen LogP contribution in [-0.4, -0.2) is 42.5 Å². The maximum Gasteiger partial charge on any atom is 0.245 e. The number of fused-ring (bicyclic) bond motifs is 1. The van der Waals surface area contributed by atoms with Crippen molar-refractivity contribution >= 4 is 11.6 Å². The maximum atomic E-state index is 4.76. The number of aryl methyl sites for hydroxylation is 3. The molecule has 4 rings (SSSR count). The Hall–Kier alpha value is -2.88. The van der Waals surface area contributed by atoms with Gasteiger partial charge in [-0.05, 0) is 56.1 Å². The fourth-order valence-electron chi connectivity index (χ4n) is 3.39. The zero-order valence-corrected chi connectivity index (χ0v) is 16.6. The molecule has 0 radical (unpaired) electrons. The second-order valence-electron chi connectivity index (χ2n) is 7.46. The highest BCUT2D eigenvalue weighted by atomic mass is 15.4. The molecule has 0 atom stereocenters. The monoisotopic (exact) mass is 363 g/mol. The van der Waals surface area contributed by atoms with Crippen molar-refractivity contribution in [3.63, 3.8) is 0 Å². The summed E-state index contributed by atoms with van der Waals surface area (Å²) in [6.45, 7) is 10.4. The molecule has 3 aromatic rings. The first-order valence-corrected chi connectivity index (χ1v) is 9.49. The fraction of sp³-hybridized carbons (Fsp3) is 0.500. The predicted octanol–water partition coefficient (Wildman–Crippen LogP) is 2.60. The SMILES string of the molecule is Cc1nc2cc(C(C)C)c(C#Cc3nc(N4CCCC4)nn3C)nn2c1C. The van der Waals surface area contributed by atoms with Gasteiger partial charge in [0.15, 0.2) is 5.65 Å². The number of aromatic nitrogens is 6. The van der Waals surface area contributed by atoms with Crippen LogP contribution in [0.1, 0.15) is 61.1 Å². The Morgan fingerprint density at radius 1 is 1.04 bits per heavy atom. The zero-order valence-electron chi connectivity index (χ0n) is 16.6. The van der Waals surface area contributed by atoms with E-state index in [-0.39, 0.29) is 0 Å². The Morgan fingerprint density at radius 3 is 2.48 bits per heavy atom. The smallest absolute Gasteiger partial charge is 0.245 e. The Labute approximate surface area is 159 Å². The summed E-state index contributed by atoms with van der Waals surface area (Å²) in [4.78, 5) is 11.4. The summed E-state index contributed by atoms with van der Waals surface area (Å²) in [7, 11) is 1.89. The van der Waals surface area contributed by atoms with Gasteiger partial charge in [-0.2, -0.15) is 10.1 Å². The topological polar surface area (TPSA) is 64.1 Å². The van der Waals surface area contributed by atoms with Crippen LogP contribution in [0, 0.1) is 25.7 Å². The van der Waals surface area contributed by atoms with Gasteiger partial charge in [-0.25, -0.2) is 14.2 Å². The molecule has 1 saturated heterocycles. The van der Waals surface area contributed by atoms with Gasteiger partial charge in [-0.3, -0.25) is 0 Å². The molecule has 0 aliphatic carbocycles. The van der Waals surface area contributed by atoms with Crippen LogP contribution in [0.15, 0.2) is 6.07 Å². The van der Waals surface area contributed by atoms with E-state index in [4.69, 9.17) is 5.10 Å². The van der Waals surface area contributed by atoms with Crippen LogP contribution in [-0.2, 0) is 7.05 Å². The van der Waals surface area contributed by atoms with Crippen molar-refractivity contribution < 1.29 is 0 Å². The van der Waals surface area contributed by atoms with E-state index in [1.54, 1.807) is 4.68 Å². The zero-order chi connectivity index (χ0) is 19.1. The Balaban J connectivity index is 1.75. The van der Waals surface area contributed by atoms with Crippen molar-refractivity contribution in [2.24, 2.45) is 7.05 Å². The molecule has 27 heavy (non-hydrogen) atoms. The molecule has 7 heteroatoms. The molecule has 0 unspecified atom stereocenters. The normalized spacial score (nSPS) is 14.2. The van der Waals surface area contributed by atoms with E-state index in [9.17, 15) is 0 Å². The molecule has 140 valence electrons. The van der Waals surface area contributed by atoms with Crippen molar-refractivity contribution in [1.29, 1.82) is 0 Å². The minimum Gasteiger partial charge on any atom is -0.340 e. The Bertz CT molecular complexity index is 1060. The van der Waals surface area contributed by atoms with Gasteiger partial charge in [0, 0.05) is 20.1 Å². The van der Waals surface area contributed by atoms with Crippen LogP contribution < -0.4 is 4.90 Å². The third-order valence-electron chi connectivity index (χ3n) is 5.15. The molecule has 4 heterocycles. The lowest BCUT2D eigenvalue weighted by molar-refractivity contribution is 0.745. The number of hydrogen-bond donors (Lipinski definition) is 0. The highest BCUT2D eigenvalue weighted by Crippen LogP contribution is 2.21. The van der Waals surface area contributed by atoms with E-state index in [0.717, 1.165) is 47.3 Å². The highest BCUT2D eigenvalue weighted by molar-refractivity contribution is 5.50. The lowest BCUT2D eigenvalue weighted by Crippen LogP contribution is -2.19. The van der Waals surface area contributed by atoms with Gasteiger partial charge in [0.1, 0.15) is 5.69 Å². The molecule has 0 N–H and O–H groups in total. The summed E-state index contributed by atoms with van der Waals surface area (Å²) in [5, 5.41) is 9.28. The first kappa shape index (κ1) is 17.5. The summed E-state index contributed by atoms with van der Waals surface area (Å²) in [6, 6.07) is 2.09. The molecule has 0 spiro atoms. The fourth-order valence-corrected chi connectivity index (χ4v) is 3.39. The van der Waals surface area contributed by atoms with E-state index in [0.29, 0.717) is 11.7 Å². The first-order valence-electron chi connectivity index (χ1n) is 9.49. The lowest BCUT2D eigenvalue weighted by atomic mass is 10.0. The predicted molar refractivity (Wildman–Crippen MR) is 105 cm³/mol. The largest absolute Gasteiger partial charge is 0.340 e. The third-order valence-corrected chi connectivity index (χ3v) is 5.15. The summed E-state index contributed by atoms with van der Waals surface area (Å²) < 4.78 is 3.62. The van der Waals surface area contributed by atoms with E-state index >= 15 is 0 Å². The summed E-state index contributed by atoms with van der Waals surface area (Å²) in [5.74, 6) is 8.15. The summed E-state index contributed by atoms with van der Waals surface area (Å²) in [5.41, 5.74) is 4.77. The van der Waals surface area contributed by atoms with E-state index < -0.39 is 0 Å². The summed E-state index contributed by atoms with van der Waals surface area (Å²) >= 11 is 0. The quantitative estimate of drug-likeness (QED) is 0.655. The van der Waals surface area contributed by atoms with Crippen LogP contribution in [0.3, 0.4) is 0 Å². The van der Waals surface area contributed by atoms with E-state index in [1.807, 2.05) is 25.4 Å². The van der Waals surface area contributed by atoms with Gasteiger partial charge in [0.25, 0.3) is 0 Å². The van der Waals surface area contributed by atoms with Crippen LogP contribution in [0.25, 0.3) is 5.65 Å². The molecule has 3 aromatic heterocycles. The average Bonchev–Trinajstić information content (AvgIpc) is 3.34. The minimum atomic E-state index is 0.309. The molecule has 0 aromatic carbocycles. The average molecular weight is 363 g/mol. The molecule has 0 bridgehead atoms. The third kappa shape index (κ3) is 3.16. The molecule has 0 amide bonds. The Morgan fingerprint density at radius 2 is 1.78 bits per heavy atom. The molecule has 7 nitrogen and oxygen atoms in total. The molecular weight excluding hydrogens is 338 g/mol. The number of hydrogen-bond acceptors (Lipinski definition) is 5. The van der Waals surface area contributed by atoms with E-state index in [2.05, 4.69) is 51.7 Å². The number of nitrogens with zero attached hydrogens (tertiary/aromatic N) is 7. The van der Waals surface area contributed by atoms with Gasteiger partial charge >= 0.3 is 0 Å². The molecular formula is C20H25N7. The van der Waals surface area contributed by atoms with Gasteiger partial charge in [0.05, 0.1) is 11.4 Å². The molecule has 1 fully saturated rings. The number of imidazole rings is 1. The first-order chi connectivity index (χ1) is 12.9. The van der Waals surface area contributed by atoms with Gasteiger partial charge in [-0.1, -0.05) is 13.8 Å². The summed E-state index contributed by atoms with van der Waals surface area (Å²) in [6.07, 6.45) is 2.40. The van der Waals surface area contributed by atoms with Crippen molar-refractivity contribution in [3.8, 4) is 11.8 Å². The van der Waals surface area contributed by atoms with Gasteiger partial charge in [0.2, 0.25) is 11.8 Å². The number of rotatable bonds is 2. The lowest BCUT2D eigenvalue weighted by Gasteiger charge is -2.10. The van der Waals surface area contributed by atoms with Crippen LogP contribution in [0.4, 0.5) is 5.95 Å². The van der Waals surface area contributed by atoms with Crippen LogP contribution in [0.2, 0.25) is 0 Å². The van der Waals surface area contributed by atoms with Crippen molar-refractivity contribution in [2.45, 2.75) is 46.5 Å². The molecule has 0 saturated carbocycles. The van der Waals surface area contributed by atoms with Gasteiger partial charge in [-0.15, -0.1) is 5.10 Å². The second kappa shape index (κ2) is 6.69. The van der Waals surface area contributed by atoms with Crippen molar-refractivity contribution in [3.05, 3.63) is 34.5 Å². The van der Waals surface area contributed by atoms with Crippen molar-refractivity contribution in [1.82, 2.24) is 29.4 Å². The minimum absolute atomic E-state index is 0.309. The second-order valence-corrected chi connectivity index (χ2v) is 7.46. The van der Waals surface area contributed by atoms with Crippen LogP contribution >= 0.6 is 0 Å². The highest BCUT2D eigenvalue weighted by Gasteiger charge is 2.18. The van der Waals surface area contributed by atoms with E-state index in [1.165, 1.54) is 12.8 Å². The standard InChI is InChI=1S/C20H25N7/c1-13(2)16-12-19-21-14(3)15(4)27(19)23-17(16)8-9-18-22-20(24-25(18)5)26-10-6-7-11-26/h12-13H,6-7,10-11H2,1-5H3. The molecule has 1 aliphatic heterocycles. The molecule has 1 aliphatic rings. The van der Waals surface area contributed by atoms with Crippen LogP contribution in [0.5, 0.6) is 0 Å². The van der Waals surface area contributed by atoms with Gasteiger partial charge < -0.3 is 4.90 Å².